The quantitative estimate of drug-likeness (QED) is 0.323. The van der Waals surface area contributed by atoms with Crippen LogP contribution in [0.1, 0.15) is 16.1 Å². The number of allylic oxidation sites excluding steroid dienone is 1. The molecule has 2 aromatic carbocycles. The van der Waals surface area contributed by atoms with Gasteiger partial charge in [0.15, 0.2) is 0 Å². The Morgan fingerprint density at radius 1 is 1.12 bits per heavy atom. The molecule has 0 fully saturated rings. The molecule has 1 aromatic heterocycles. The van der Waals surface area contributed by atoms with Crippen LogP contribution >= 0.6 is 23.4 Å². The monoisotopic (exact) mass is 383 g/mol. The number of thioether (sulfide) groups is 1. The molecule has 26 heavy (non-hydrogen) atoms. The van der Waals surface area contributed by atoms with Gasteiger partial charge in [-0.15, -0.1) is 0 Å². The molecule has 0 amide bonds. The van der Waals surface area contributed by atoms with Crippen LogP contribution in [0.25, 0.3) is 17.4 Å². The standard InChI is InChI=1S/C19H10ClNO4S/c20-14-7-5-11(9-15(14)21(23)24)16-8-6-12(25-16)10-18-19(22)13-3-1-2-4-17(13)26-18/h1-10H/b18-10-. The Bertz CT molecular complexity index is 1090. The van der Waals surface area contributed by atoms with Crippen LogP contribution < -0.4 is 0 Å². The third kappa shape index (κ3) is 2.94. The number of benzene rings is 2. The lowest BCUT2D eigenvalue weighted by Crippen LogP contribution is -1.93. The Hall–Kier alpha value is -2.83. The minimum atomic E-state index is -0.539. The number of halogens is 1. The lowest BCUT2D eigenvalue weighted by Gasteiger charge is -1.99. The number of rotatable bonds is 3. The molecule has 4 rings (SSSR count). The Morgan fingerprint density at radius 2 is 1.92 bits per heavy atom. The van der Waals surface area contributed by atoms with Crippen molar-refractivity contribution < 1.29 is 14.1 Å². The fourth-order valence-electron chi connectivity index (χ4n) is 2.66. The first-order valence-electron chi connectivity index (χ1n) is 7.60. The van der Waals surface area contributed by atoms with Gasteiger partial charge in [-0.2, -0.15) is 0 Å². The zero-order valence-electron chi connectivity index (χ0n) is 13.1. The van der Waals surface area contributed by atoms with E-state index in [9.17, 15) is 14.9 Å². The molecule has 0 spiro atoms. The normalized spacial score (nSPS) is 14.7. The highest BCUT2D eigenvalue weighted by molar-refractivity contribution is 8.04. The highest BCUT2D eigenvalue weighted by atomic mass is 35.5. The maximum absolute atomic E-state index is 12.4. The number of fused-ring (bicyclic) bond motifs is 1. The smallest absolute Gasteiger partial charge is 0.288 e. The summed E-state index contributed by atoms with van der Waals surface area (Å²) in [5, 5.41) is 11.1. The van der Waals surface area contributed by atoms with Crippen LogP contribution in [0.4, 0.5) is 5.69 Å². The SMILES string of the molecule is O=C1/C(=C/c2ccc(-c3ccc(Cl)c([N+](=O)[O-])c3)o2)Sc2ccccc21. The summed E-state index contributed by atoms with van der Waals surface area (Å²) in [6, 6.07) is 15.3. The molecule has 0 aliphatic carbocycles. The van der Waals surface area contributed by atoms with Crippen molar-refractivity contribution in [2.24, 2.45) is 0 Å². The number of nitro benzene ring substituents is 1. The summed E-state index contributed by atoms with van der Waals surface area (Å²) in [6.45, 7) is 0. The second kappa shape index (κ2) is 6.48. The van der Waals surface area contributed by atoms with Gasteiger partial charge >= 0.3 is 0 Å². The molecule has 128 valence electrons. The third-order valence-electron chi connectivity index (χ3n) is 3.90. The van der Waals surface area contributed by atoms with Gasteiger partial charge in [-0.25, -0.2) is 0 Å². The minimum absolute atomic E-state index is 0.0364. The molecule has 3 aromatic rings. The van der Waals surface area contributed by atoms with Crippen LogP contribution in [-0.4, -0.2) is 10.7 Å². The van der Waals surface area contributed by atoms with Crippen molar-refractivity contribution in [2.45, 2.75) is 4.90 Å². The topological polar surface area (TPSA) is 73.3 Å². The predicted molar refractivity (Wildman–Crippen MR) is 100 cm³/mol. The zero-order valence-corrected chi connectivity index (χ0v) is 14.7. The number of hydrogen-bond donors (Lipinski definition) is 0. The fourth-order valence-corrected chi connectivity index (χ4v) is 3.87. The van der Waals surface area contributed by atoms with E-state index in [2.05, 4.69) is 0 Å². The first-order chi connectivity index (χ1) is 12.5. The Balaban J connectivity index is 1.65. The zero-order chi connectivity index (χ0) is 18.3. The van der Waals surface area contributed by atoms with Crippen molar-refractivity contribution in [2.75, 3.05) is 0 Å². The first-order valence-corrected chi connectivity index (χ1v) is 8.80. The van der Waals surface area contributed by atoms with Crippen LogP contribution in [0.2, 0.25) is 5.02 Å². The molecule has 0 bridgehead atoms. The van der Waals surface area contributed by atoms with Crippen molar-refractivity contribution in [1.82, 2.24) is 0 Å². The van der Waals surface area contributed by atoms with Crippen LogP contribution in [0, 0.1) is 10.1 Å². The Kier molecular flexibility index (Phi) is 4.14. The number of furan rings is 1. The summed E-state index contributed by atoms with van der Waals surface area (Å²) in [5.41, 5.74) is 1.04. The van der Waals surface area contributed by atoms with Crippen molar-refractivity contribution in [3.8, 4) is 11.3 Å². The van der Waals surface area contributed by atoms with Crippen LogP contribution in [0.15, 0.2) is 68.8 Å². The van der Waals surface area contributed by atoms with Gasteiger partial charge < -0.3 is 4.42 Å². The molecule has 0 saturated carbocycles. The minimum Gasteiger partial charge on any atom is -0.457 e. The van der Waals surface area contributed by atoms with Gasteiger partial charge in [0, 0.05) is 22.1 Å². The molecule has 1 aliphatic rings. The van der Waals surface area contributed by atoms with E-state index in [1.54, 1.807) is 30.3 Å². The molecule has 1 aliphatic heterocycles. The highest BCUT2D eigenvalue weighted by Crippen LogP contribution is 2.41. The number of hydrogen-bond acceptors (Lipinski definition) is 5. The molecular weight excluding hydrogens is 374 g/mol. The summed E-state index contributed by atoms with van der Waals surface area (Å²) in [4.78, 5) is 24.4. The maximum atomic E-state index is 12.4. The van der Waals surface area contributed by atoms with Crippen LogP contribution in [0.5, 0.6) is 0 Å². The van der Waals surface area contributed by atoms with Gasteiger partial charge in [0.05, 0.1) is 9.83 Å². The summed E-state index contributed by atoms with van der Waals surface area (Å²) >= 11 is 7.23. The highest BCUT2D eigenvalue weighted by Gasteiger charge is 2.25. The van der Waals surface area contributed by atoms with E-state index in [1.807, 2.05) is 18.2 Å². The van der Waals surface area contributed by atoms with E-state index >= 15 is 0 Å². The lowest BCUT2D eigenvalue weighted by atomic mass is 10.1. The molecule has 0 saturated heterocycles. The first kappa shape index (κ1) is 16.6. The molecule has 0 N–H and O–H groups in total. The molecule has 0 radical (unpaired) electrons. The second-order valence-electron chi connectivity index (χ2n) is 5.56. The van der Waals surface area contributed by atoms with Crippen molar-refractivity contribution in [3.63, 3.8) is 0 Å². The largest absolute Gasteiger partial charge is 0.457 e. The van der Waals surface area contributed by atoms with E-state index in [4.69, 9.17) is 16.0 Å². The summed E-state index contributed by atoms with van der Waals surface area (Å²) < 4.78 is 5.75. The second-order valence-corrected chi connectivity index (χ2v) is 7.05. The van der Waals surface area contributed by atoms with E-state index in [0.717, 1.165) is 4.90 Å². The van der Waals surface area contributed by atoms with Crippen molar-refractivity contribution in [3.05, 3.63) is 86.0 Å². The lowest BCUT2D eigenvalue weighted by molar-refractivity contribution is -0.384. The van der Waals surface area contributed by atoms with Crippen LogP contribution in [0.3, 0.4) is 0 Å². The van der Waals surface area contributed by atoms with E-state index < -0.39 is 4.92 Å². The van der Waals surface area contributed by atoms with E-state index in [0.29, 0.717) is 27.6 Å². The number of carbonyl (C=O) groups excluding carboxylic acids is 1. The Morgan fingerprint density at radius 3 is 2.69 bits per heavy atom. The molecule has 0 atom stereocenters. The molecule has 2 heterocycles. The number of nitro groups is 1. The Labute approximate surface area is 157 Å². The van der Waals surface area contributed by atoms with Gasteiger partial charge in [0.25, 0.3) is 5.69 Å². The van der Waals surface area contributed by atoms with Crippen molar-refractivity contribution >= 4 is 40.9 Å². The van der Waals surface area contributed by atoms with Gasteiger partial charge in [0.2, 0.25) is 5.78 Å². The van der Waals surface area contributed by atoms with Gasteiger partial charge in [0.1, 0.15) is 16.5 Å². The number of Topliss-reactive ketones (excluding diaryl/α,β-unsaturated/α-hetero) is 1. The van der Waals surface area contributed by atoms with E-state index in [-0.39, 0.29) is 16.5 Å². The third-order valence-corrected chi connectivity index (χ3v) is 5.32. The van der Waals surface area contributed by atoms with Crippen LogP contribution in [-0.2, 0) is 0 Å². The van der Waals surface area contributed by atoms with Gasteiger partial charge in [-0.1, -0.05) is 35.5 Å². The molecule has 7 heteroatoms. The van der Waals surface area contributed by atoms with Gasteiger partial charge in [-0.05, 0) is 42.5 Å². The average molecular weight is 384 g/mol. The average Bonchev–Trinajstić information content (AvgIpc) is 3.21. The summed E-state index contributed by atoms with van der Waals surface area (Å²) in [5.74, 6) is 0.927. The molecule has 5 nitrogen and oxygen atoms in total. The predicted octanol–water partition coefficient (Wildman–Crippen LogP) is 5.84. The maximum Gasteiger partial charge on any atom is 0.288 e. The van der Waals surface area contributed by atoms with Gasteiger partial charge in [-0.3, -0.25) is 14.9 Å². The summed E-state index contributed by atoms with van der Waals surface area (Å²) in [7, 11) is 0. The molecule has 0 unspecified atom stereocenters. The summed E-state index contributed by atoms with van der Waals surface area (Å²) in [6.07, 6.45) is 1.68. The van der Waals surface area contributed by atoms with Crippen molar-refractivity contribution in [1.29, 1.82) is 0 Å². The fraction of sp³-hybridized carbons (Fsp3) is 0. The number of carbonyl (C=O) groups is 1. The number of nitrogens with zero attached hydrogens (tertiary/aromatic N) is 1. The molecular formula is C19H10ClNO4S. The van der Waals surface area contributed by atoms with E-state index in [1.165, 1.54) is 23.9 Å². The number of ketones is 1.